The van der Waals surface area contributed by atoms with E-state index in [0.717, 1.165) is 79.4 Å². The molecule has 0 aliphatic carbocycles. The number of para-hydroxylation sites is 8. The summed E-state index contributed by atoms with van der Waals surface area (Å²) in [5.41, 5.74) is 20.2. The minimum absolute atomic E-state index is 0.835. The van der Waals surface area contributed by atoms with E-state index in [9.17, 15) is 0 Å². The summed E-state index contributed by atoms with van der Waals surface area (Å²) < 4.78 is 12.8. The van der Waals surface area contributed by atoms with Crippen molar-refractivity contribution >= 4 is 55.7 Å². The summed E-state index contributed by atoms with van der Waals surface area (Å²) in [6.07, 6.45) is 0. The molecule has 0 saturated carbocycles. The normalized spacial score (nSPS) is 12.3. The molecule has 0 spiro atoms. The van der Waals surface area contributed by atoms with Crippen LogP contribution in [0.25, 0.3) is 88.3 Å². The molecule has 0 aromatic heterocycles. The van der Waals surface area contributed by atoms with Gasteiger partial charge in [0.15, 0.2) is 23.0 Å². The van der Waals surface area contributed by atoms with Gasteiger partial charge in [-0.3, -0.25) is 0 Å². The molecule has 366 valence electrons. The lowest BCUT2D eigenvalue weighted by atomic mass is 9.81. The van der Waals surface area contributed by atoms with E-state index in [0.29, 0.717) is 0 Å². The highest BCUT2D eigenvalue weighted by molar-refractivity contribution is 6.24. The number of anilines is 6. The van der Waals surface area contributed by atoms with E-state index in [1.54, 1.807) is 0 Å². The first-order chi connectivity index (χ1) is 38.7. The molecule has 2 heterocycles. The predicted molar refractivity (Wildman–Crippen MR) is 324 cm³/mol. The van der Waals surface area contributed by atoms with Crippen molar-refractivity contribution < 1.29 is 9.47 Å². The molecule has 2 aliphatic rings. The number of fused-ring (bicyclic) bond motifs is 6. The topological polar surface area (TPSA) is 24.9 Å². The molecule has 78 heavy (non-hydrogen) atoms. The van der Waals surface area contributed by atoms with Crippen LogP contribution >= 0.6 is 0 Å². The molecule has 0 amide bonds. The molecule has 15 rings (SSSR count). The van der Waals surface area contributed by atoms with Crippen molar-refractivity contribution in [1.82, 2.24) is 0 Å². The molecule has 0 unspecified atom stereocenters. The number of ether oxygens (including phenoxy) is 2. The van der Waals surface area contributed by atoms with Crippen molar-refractivity contribution in [2.75, 3.05) is 9.80 Å². The third-order valence-electron chi connectivity index (χ3n) is 15.5. The number of hydrogen-bond donors (Lipinski definition) is 0. The molecule has 0 saturated heterocycles. The van der Waals surface area contributed by atoms with Gasteiger partial charge in [0.05, 0.1) is 22.7 Å². The van der Waals surface area contributed by atoms with Gasteiger partial charge in [-0.2, -0.15) is 0 Å². The van der Waals surface area contributed by atoms with E-state index in [1.165, 1.54) is 66.1 Å². The minimum Gasteiger partial charge on any atom is -0.453 e. The number of nitrogens with zero attached hydrogens (tertiary/aromatic N) is 2. The van der Waals surface area contributed by atoms with Gasteiger partial charge in [-0.25, -0.2) is 0 Å². The molecular formula is C74H48N2O2. The van der Waals surface area contributed by atoms with Gasteiger partial charge in [0.25, 0.3) is 0 Å². The summed E-state index contributed by atoms with van der Waals surface area (Å²) >= 11 is 0. The Hall–Kier alpha value is -10.4. The minimum atomic E-state index is 0.835. The Morgan fingerprint density at radius 3 is 0.859 bits per heavy atom. The molecule has 13 aromatic carbocycles. The number of hydrogen-bond acceptors (Lipinski definition) is 4. The summed E-state index contributed by atoms with van der Waals surface area (Å²) in [6.45, 7) is 0. The maximum atomic E-state index is 6.38. The van der Waals surface area contributed by atoms with Crippen LogP contribution in [0.2, 0.25) is 0 Å². The van der Waals surface area contributed by atoms with Crippen LogP contribution in [-0.2, 0) is 0 Å². The van der Waals surface area contributed by atoms with E-state index in [1.807, 2.05) is 48.5 Å². The lowest BCUT2D eigenvalue weighted by Crippen LogP contribution is -2.15. The van der Waals surface area contributed by atoms with Gasteiger partial charge in [0, 0.05) is 11.4 Å². The van der Waals surface area contributed by atoms with Crippen LogP contribution in [0.15, 0.2) is 291 Å². The summed E-state index contributed by atoms with van der Waals surface area (Å²) in [5, 5.41) is 4.74. The smallest absolute Gasteiger partial charge is 0.151 e. The zero-order valence-electron chi connectivity index (χ0n) is 42.4. The predicted octanol–water partition coefficient (Wildman–Crippen LogP) is 21.1. The molecule has 2 aliphatic heterocycles. The van der Waals surface area contributed by atoms with Crippen molar-refractivity contribution in [3.8, 4) is 89.8 Å². The molecule has 4 nitrogen and oxygen atoms in total. The molecule has 0 N–H and O–H groups in total. The van der Waals surface area contributed by atoms with Crippen molar-refractivity contribution in [2.24, 2.45) is 0 Å². The fraction of sp³-hybridized carbons (Fsp3) is 0. The summed E-state index contributed by atoms with van der Waals surface area (Å²) in [5.74, 6) is 3.34. The summed E-state index contributed by atoms with van der Waals surface area (Å²) in [7, 11) is 0. The largest absolute Gasteiger partial charge is 0.453 e. The second kappa shape index (κ2) is 18.7. The van der Waals surface area contributed by atoms with Gasteiger partial charge in [-0.15, -0.1) is 0 Å². The Labute approximate surface area is 453 Å². The quantitative estimate of drug-likeness (QED) is 0.142. The first-order valence-corrected chi connectivity index (χ1v) is 26.6. The SMILES string of the molecule is c1ccc(-c2ccccc2-c2c3ccc(-c4ccc(N5c6ccccc6Oc6ccccc65)cc4)cc3c(-c3ccccc3-c3ccccc3)c3ccc(-c4ccc(N5c6ccccc6Oc6ccccc65)cc4)cc23)cc1. The number of rotatable bonds is 8. The molecular weight excluding hydrogens is 949 g/mol. The Kier molecular flexibility index (Phi) is 10.8. The van der Waals surface area contributed by atoms with Crippen molar-refractivity contribution in [3.05, 3.63) is 291 Å². The van der Waals surface area contributed by atoms with Crippen LogP contribution in [-0.4, -0.2) is 0 Å². The second-order valence-electron chi connectivity index (χ2n) is 19.9. The van der Waals surface area contributed by atoms with E-state index in [4.69, 9.17) is 9.47 Å². The van der Waals surface area contributed by atoms with Crippen LogP contribution < -0.4 is 19.3 Å². The lowest BCUT2D eigenvalue weighted by Gasteiger charge is -2.32. The summed E-state index contributed by atoms with van der Waals surface area (Å²) in [6, 6.07) is 105. The van der Waals surface area contributed by atoms with Gasteiger partial charge >= 0.3 is 0 Å². The van der Waals surface area contributed by atoms with Crippen LogP contribution in [0.1, 0.15) is 0 Å². The standard InChI is InChI=1S/C74H48N2O2/c1-3-19-51(20-4-1)57-23-7-9-25-59(57)73-61-45-39-54(50-37-43-56(44-38-50)76-67-29-13-17-33-71(67)78-72-34-18-14-30-68(72)76)48-64(61)74(60-26-10-8-24-58(60)52-21-5-2-6-22-52)62-46-40-53(47-63(62)73)49-35-41-55(42-36-49)75-65-27-11-15-31-69(65)77-70-32-16-12-28-66(70)75/h1-48H. The lowest BCUT2D eigenvalue weighted by molar-refractivity contribution is 0.477. The van der Waals surface area contributed by atoms with Crippen molar-refractivity contribution in [2.45, 2.75) is 0 Å². The van der Waals surface area contributed by atoms with Gasteiger partial charge in [-0.05, 0) is 173 Å². The van der Waals surface area contributed by atoms with Crippen LogP contribution in [0.4, 0.5) is 34.1 Å². The second-order valence-corrected chi connectivity index (χ2v) is 19.9. The van der Waals surface area contributed by atoms with E-state index < -0.39 is 0 Å². The van der Waals surface area contributed by atoms with Crippen LogP contribution in [0, 0.1) is 0 Å². The number of benzene rings is 13. The monoisotopic (exact) mass is 996 g/mol. The average Bonchev–Trinajstić information content (AvgIpc) is 3.67. The fourth-order valence-electron chi connectivity index (χ4n) is 11.9. The zero-order chi connectivity index (χ0) is 51.5. The van der Waals surface area contributed by atoms with E-state index in [-0.39, 0.29) is 0 Å². The van der Waals surface area contributed by atoms with E-state index in [2.05, 4.69) is 252 Å². The van der Waals surface area contributed by atoms with Gasteiger partial charge in [-0.1, -0.05) is 206 Å². The highest BCUT2D eigenvalue weighted by atomic mass is 16.5. The molecule has 0 radical (unpaired) electrons. The fourth-order valence-corrected chi connectivity index (χ4v) is 11.9. The van der Waals surface area contributed by atoms with Crippen molar-refractivity contribution in [1.29, 1.82) is 0 Å². The Morgan fingerprint density at radius 2 is 0.500 bits per heavy atom. The van der Waals surface area contributed by atoms with Gasteiger partial charge in [0.1, 0.15) is 0 Å². The molecule has 4 heteroatoms. The van der Waals surface area contributed by atoms with Crippen LogP contribution in [0.3, 0.4) is 0 Å². The first kappa shape index (κ1) is 45.0. The van der Waals surface area contributed by atoms with Crippen molar-refractivity contribution in [3.63, 3.8) is 0 Å². The van der Waals surface area contributed by atoms with Gasteiger partial charge in [0.2, 0.25) is 0 Å². The summed E-state index contributed by atoms with van der Waals surface area (Å²) in [4.78, 5) is 4.59. The maximum absolute atomic E-state index is 6.38. The van der Waals surface area contributed by atoms with Crippen LogP contribution in [0.5, 0.6) is 23.0 Å². The molecule has 0 fully saturated rings. The first-order valence-electron chi connectivity index (χ1n) is 26.6. The molecule has 0 bridgehead atoms. The Balaban J connectivity index is 0.945. The average molecular weight is 997 g/mol. The molecule has 13 aromatic rings. The van der Waals surface area contributed by atoms with Gasteiger partial charge < -0.3 is 19.3 Å². The molecule has 0 atom stereocenters. The highest BCUT2D eigenvalue weighted by Gasteiger charge is 2.28. The highest BCUT2D eigenvalue weighted by Crippen LogP contribution is 2.54. The zero-order valence-corrected chi connectivity index (χ0v) is 42.4. The Morgan fingerprint density at radius 1 is 0.205 bits per heavy atom. The Bertz CT molecular complexity index is 4060. The van der Waals surface area contributed by atoms with E-state index >= 15 is 0 Å². The third kappa shape index (κ3) is 7.61. The third-order valence-corrected chi connectivity index (χ3v) is 15.5. The maximum Gasteiger partial charge on any atom is 0.151 e.